The normalized spacial score (nSPS) is 11.9. The monoisotopic (exact) mass is 340 g/mol. The molecule has 0 radical (unpaired) electrons. The molecule has 1 heterocycles. The number of aliphatic hydroxyl groups is 1. The quantitative estimate of drug-likeness (QED) is 0.624. The molecule has 6 nitrogen and oxygen atoms in total. The number of nitrogens with zero attached hydrogens (tertiary/aromatic N) is 1. The first-order valence-electron chi connectivity index (χ1n) is 6.42. The number of amides is 1. The average Bonchev–Trinajstić information content (AvgIpc) is 3.01. The summed E-state index contributed by atoms with van der Waals surface area (Å²) in [5, 5.41) is 25.0. The van der Waals surface area contributed by atoms with Crippen LogP contribution in [0.25, 0.3) is 0 Å². The summed E-state index contributed by atoms with van der Waals surface area (Å²) in [6.07, 6.45) is -0.260. The van der Waals surface area contributed by atoms with Crippen LogP contribution >= 0.6 is 22.9 Å². The third-order valence-corrected chi connectivity index (χ3v) is 4.27. The maximum atomic E-state index is 12.0. The van der Waals surface area contributed by atoms with Crippen molar-refractivity contribution in [2.75, 3.05) is 6.54 Å². The molecule has 2 rings (SSSR count). The minimum Gasteiger partial charge on any atom is -0.388 e. The van der Waals surface area contributed by atoms with Crippen LogP contribution in [0.2, 0.25) is 5.02 Å². The molecule has 0 aliphatic heterocycles. The molecular weight excluding hydrogens is 328 g/mol. The van der Waals surface area contributed by atoms with Crippen molar-refractivity contribution in [2.24, 2.45) is 0 Å². The van der Waals surface area contributed by atoms with Gasteiger partial charge in [-0.1, -0.05) is 17.7 Å². The van der Waals surface area contributed by atoms with Crippen LogP contribution in [0.5, 0.6) is 0 Å². The number of halogens is 1. The minimum atomic E-state index is -0.632. The largest absolute Gasteiger partial charge is 0.388 e. The number of rotatable bonds is 6. The van der Waals surface area contributed by atoms with Crippen LogP contribution in [-0.4, -0.2) is 22.5 Å². The number of nitro benzene ring substituents is 1. The van der Waals surface area contributed by atoms with Crippen LogP contribution < -0.4 is 5.32 Å². The van der Waals surface area contributed by atoms with Crippen LogP contribution in [0, 0.1) is 10.1 Å². The molecule has 0 spiro atoms. The van der Waals surface area contributed by atoms with Gasteiger partial charge in [0.05, 0.1) is 21.6 Å². The molecule has 1 atom stereocenters. The number of non-ortho nitro benzene ring substituents is 1. The van der Waals surface area contributed by atoms with E-state index in [0.717, 1.165) is 10.9 Å². The molecule has 1 amide bonds. The van der Waals surface area contributed by atoms with E-state index >= 15 is 0 Å². The van der Waals surface area contributed by atoms with Gasteiger partial charge in [-0.05, 0) is 23.9 Å². The van der Waals surface area contributed by atoms with E-state index in [1.54, 1.807) is 0 Å². The predicted molar refractivity (Wildman–Crippen MR) is 84.3 cm³/mol. The van der Waals surface area contributed by atoms with Crippen LogP contribution in [0.15, 0.2) is 35.7 Å². The van der Waals surface area contributed by atoms with Gasteiger partial charge in [-0.2, -0.15) is 0 Å². The van der Waals surface area contributed by atoms with Gasteiger partial charge < -0.3 is 10.4 Å². The maximum Gasteiger partial charge on any atom is 0.270 e. The van der Waals surface area contributed by atoms with Crippen molar-refractivity contribution in [3.8, 4) is 0 Å². The standard InChI is InChI=1S/C14H13ClN2O4S/c15-11-8-9(17(20)21)3-4-10(11)14(19)16-6-5-12(18)13-2-1-7-22-13/h1-4,7-8,12,18H,5-6H2,(H,16,19). The number of nitrogens with one attached hydrogen (secondary N) is 1. The van der Waals surface area contributed by atoms with Crippen molar-refractivity contribution in [3.05, 3.63) is 61.3 Å². The van der Waals surface area contributed by atoms with Crippen molar-refractivity contribution in [2.45, 2.75) is 12.5 Å². The lowest BCUT2D eigenvalue weighted by Crippen LogP contribution is -2.25. The van der Waals surface area contributed by atoms with Gasteiger partial charge in [0, 0.05) is 23.6 Å². The van der Waals surface area contributed by atoms with E-state index in [1.165, 1.54) is 23.5 Å². The summed E-state index contributed by atoms with van der Waals surface area (Å²) in [6.45, 7) is 0.269. The molecule has 22 heavy (non-hydrogen) atoms. The van der Waals surface area contributed by atoms with Gasteiger partial charge in [0.25, 0.3) is 11.6 Å². The second-order valence-electron chi connectivity index (χ2n) is 4.50. The number of carbonyl (C=O) groups excluding carboxylic acids is 1. The number of nitro groups is 1. The van der Waals surface area contributed by atoms with E-state index in [9.17, 15) is 20.0 Å². The molecule has 1 aromatic carbocycles. The number of carbonyl (C=O) groups is 1. The average molecular weight is 341 g/mol. The molecule has 0 fully saturated rings. The number of hydrogen-bond acceptors (Lipinski definition) is 5. The van der Waals surface area contributed by atoms with E-state index in [-0.39, 0.29) is 22.8 Å². The Morgan fingerprint density at radius 2 is 2.23 bits per heavy atom. The van der Waals surface area contributed by atoms with E-state index in [1.807, 2.05) is 17.5 Å². The molecule has 0 saturated carbocycles. The summed E-state index contributed by atoms with van der Waals surface area (Å²) in [5.41, 5.74) is -0.00690. The maximum absolute atomic E-state index is 12.0. The Balaban J connectivity index is 1.91. The van der Waals surface area contributed by atoms with Gasteiger partial charge in [0.1, 0.15) is 0 Å². The lowest BCUT2D eigenvalue weighted by molar-refractivity contribution is -0.384. The molecule has 1 aromatic heterocycles. The second kappa shape index (κ2) is 7.35. The van der Waals surface area contributed by atoms with Crippen molar-refractivity contribution in [1.82, 2.24) is 5.32 Å². The molecule has 0 saturated heterocycles. The summed E-state index contributed by atoms with van der Waals surface area (Å²) in [5.74, 6) is -0.432. The molecule has 0 bridgehead atoms. The minimum absolute atomic E-state index is 0.0190. The topological polar surface area (TPSA) is 92.5 Å². The fourth-order valence-corrected chi connectivity index (χ4v) is 2.85. The lowest BCUT2D eigenvalue weighted by atomic mass is 10.1. The Morgan fingerprint density at radius 3 is 2.82 bits per heavy atom. The number of hydrogen-bond donors (Lipinski definition) is 2. The van der Waals surface area contributed by atoms with E-state index in [4.69, 9.17) is 11.6 Å². The van der Waals surface area contributed by atoms with Crippen molar-refractivity contribution in [3.63, 3.8) is 0 Å². The molecular formula is C14H13ClN2O4S. The lowest BCUT2D eigenvalue weighted by Gasteiger charge is -2.10. The van der Waals surface area contributed by atoms with Gasteiger partial charge in [-0.3, -0.25) is 14.9 Å². The van der Waals surface area contributed by atoms with Gasteiger partial charge in [0.15, 0.2) is 0 Å². The zero-order valence-corrected chi connectivity index (χ0v) is 12.9. The Morgan fingerprint density at radius 1 is 1.45 bits per heavy atom. The smallest absolute Gasteiger partial charge is 0.270 e. The molecule has 2 aromatic rings. The van der Waals surface area contributed by atoms with Gasteiger partial charge in [0.2, 0.25) is 0 Å². The Kier molecular flexibility index (Phi) is 5.48. The zero-order valence-electron chi connectivity index (χ0n) is 11.4. The summed E-state index contributed by atoms with van der Waals surface area (Å²) >= 11 is 7.32. The fraction of sp³-hybridized carbons (Fsp3) is 0.214. The highest BCUT2D eigenvalue weighted by Crippen LogP contribution is 2.23. The van der Waals surface area contributed by atoms with Gasteiger partial charge in [-0.25, -0.2) is 0 Å². The number of benzene rings is 1. The van der Waals surface area contributed by atoms with Crippen LogP contribution in [0.1, 0.15) is 27.8 Å². The first-order chi connectivity index (χ1) is 10.5. The Bertz CT molecular complexity index is 675. The third kappa shape index (κ3) is 4.03. The van der Waals surface area contributed by atoms with Crippen LogP contribution in [-0.2, 0) is 0 Å². The summed E-state index contributed by atoms with van der Waals surface area (Å²) in [7, 11) is 0. The van der Waals surface area contributed by atoms with Gasteiger partial charge >= 0.3 is 0 Å². The van der Waals surface area contributed by atoms with E-state index in [2.05, 4.69) is 5.32 Å². The Hall–Kier alpha value is -1.96. The highest BCUT2D eigenvalue weighted by molar-refractivity contribution is 7.10. The van der Waals surface area contributed by atoms with Crippen LogP contribution in [0.3, 0.4) is 0 Å². The van der Waals surface area contributed by atoms with Crippen molar-refractivity contribution >= 4 is 34.5 Å². The summed E-state index contributed by atoms with van der Waals surface area (Å²) < 4.78 is 0. The van der Waals surface area contributed by atoms with E-state index < -0.39 is 16.9 Å². The molecule has 0 aliphatic carbocycles. The number of thiophene rings is 1. The zero-order chi connectivity index (χ0) is 16.1. The highest BCUT2D eigenvalue weighted by atomic mass is 35.5. The van der Waals surface area contributed by atoms with Crippen LogP contribution in [0.4, 0.5) is 5.69 Å². The first-order valence-corrected chi connectivity index (χ1v) is 7.68. The summed E-state index contributed by atoms with van der Waals surface area (Å²) in [6, 6.07) is 7.34. The first kappa shape index (κ1) is 16.4. The molecule has 116 valence electrons. The highest BCUT2D eigenvalue weighted by Gasteiger charge is 2.15. The molecule has 8 heteroatoms. The van der Waals surface area contributed by atoms with Crippen molar-refractivity contribution < 1.29 is 14.8 Å². The third-order valence-electron chi connectivity index (χ3n) is 2.98. The predicted octanol–water partition coefficient (Wildman–Crippen LogP) is 3.16. The second-order valence-corrected chi connectivity index (χ2v) is 5.88. The molecule has 2 N–H and O–H groups in total. The van der Waals surface area contributed by atoms with Crippen molar-refractivity contribution in [1.29, 1.82) is 0 Å². The fourth-order valence-electron chi connectivity index (χ4n) is 1.84. The Labute approximate surface area is 135 Å². The van der Waals surface area contributed by atoms with Gasteiger partial charge in [-0.15, -0.1) is 11.3 Å². The van der Waals surface area contributed by atoms with E-state index in [0.29, 0.717) is 6.42 Å². The number of aliphatic hydroxyl groups excluding tert-OH is 1. The summed E-state index contributed by atoms with van der Waals surface area (Å²) in [4.78, 5) is 22.8. The molecule has 1 unspecified atom stereocenters. The molecule has 0 aliphatic rings. The SMILES string of the molecule is O=C(NCCC(O)c1cccs1)c1ccc([N+](=O)[O-])cc1Cl.